The average Bonchev–Trinajstić information content (AvgIpc) is 3.61. The SMILES string of the molecule is CCOC(=O)/C=C/c1ccc(-c2ccc(-c3ccc(-c4ccc(/C=C/C(=O)OCC)s4)s3)s2)s1. The van der Waals surface area contributed by atoms with Crippen molar-refractivity contribution in [3.63, 3.8) is 0 Å². The van der Waals surface area contributed by atoms with Gasteiger partial charge in [-0.3, -0.25) is 0 Å². The molecule has 8 heteroatoms. The molecule has 4 aromatic rings. The number of esters is 2. The lowest BCUT2D eigenvalue weighted by Gasteiger charge is -1.93. The highest BCUT2D eigenvalue weighted by atomic mass is 32.1. The zero-order chi connectivity index (χ0) is 23.9. The van der Waals surface area contributed by atoms with Crippen LogP contribution in [0.1, 0.15) is 23.6 Å². The van der Waals surface area contributed by atoms with Crippen molar-refractivity contribution in [3.05, 3.63) is 70.4 Å². The van der Waals surface area contributed by atoms with E-state index in [2.05, 4.69) is 36.4 Å². The molecule has 4 heterocycles. The van der Waals surface area contributed by atoms with Gasteiger partial charge in [-0.1, -0.05) is 0 Å². The Hall–Kier alpha value is -2.78. The lowest BCUT2D eigenvalue weighted by molar-refractivity contribution is -0.138. The lowest BCUT2D eigenvalue weighted by Crippen LogP contribution is -1.98. The van der Waals surface area contributed by atoms with Crippen molar-refractivity contribution in [2.75, 3.05) is 13.2 Å². The van der Waals surface area contributed by atoms with Crippen LogP contribution in [0.3, 0.4) is 0 Å². The number of rotatable bonds is 9. The second-order valence-electron chi connectivity index (χ2n) is 6.90. The van der Waals surface area contributed by atoms with Crippen LogP contribution >= 0.6 is 45.3 Å². The first-order valence-electron chi connectivity index (χ1n) is 10.7. The minimum atomic E-state index is -0.322. The minimum absolute atomic E-state index is 0.322. The summed E-state index contributed by atoms with van der Waals surface area (Å²) in [4.78, 5) is 32.3. The van der Waals surface area contributed by atoms with Crippen LogP contribution in [0.2, 0.25) is 0 Å². The zero-order valence-electron chi connectivity index (χ0n) is 18.6. The summed E-state index contributed by atoms with van der Waals surface area (Å²) in [6.45, 7) is 4.34. The topological polar surface area (TPSA) is 52.6 Å². The Labute approximate surface area is 214 Å². The maximum Gasteiger partial charge on any atom is 0.330 e. The van der Waals surface area contributed by atoms with E-state index in [1.165, 1.54) is 41.4 Å². The van der Waals surface area contributed by atoms with Crippen molar-refractivity contribution in [2.24, 2.45) is 0 Å². The largest absolute Gasteiger partial charge is 0.463 e. The van der Waals surface area contributed by atoms with E-state index in [-0.39, 0.29) is 11.9 Å². The molecule has 0 aliphatic carbocycles. The molecule has 0 saturated carbocycles. The van der Waals surface area contributed by atoms with E-state index in [1.54, 1.807) is 71.3 Å². The molecule has 4 aromatic heterocycles. The van der Waals surface area contributed by atoms with E-state index in [0.717, 1.165) is 9.75 Å². The van der Waals surface area contributed by atoms with Crippen molar-refractivity contribution in [1.29, 1.82) is 0 Å². The third kappa shape index (κ3) is 6.21. The van der Waals surface area contributed by atoms with E-state index in [4.69, 9.17) is 9.47 Å². The van der Waals surface area contributed by atoms with Crippen LogP contribution in [-0.2, 0) is 19.1 Å². The molecule has 0 saturated heterocycles. The fraction of sp³-hybridized carbons (Fsp3) is 0.154. The molecule has 0 spiro atoms. The Morgan fingerprint density at radius 1 is 0.588 bits per heavy atom. The van der Waals surface area contributed by atoms with Gasteiger partial charge in [0.05, 0.1) is 13.2 Å². The normalized spacial score (nSPS) is 11.5. The van der Waals surface area contributed by atoms with Crippen LogP contribution < -0.4 is 0 Å². The van der Waals surface area contributed by atoms with E-state index in [9.17, 15) is 9.59 Å². The Morgan fingerprint density at radius 3 is 1.26 bits per heavy atom. The van der Waals surface area contributed by atoms with Crippen molar-refractivity contribution < 1.29 is 19.1 Å². The van der Waals surface area contributed by atoms with E-state index in [0.29, 0.717) is 13.2 Å². The van der Waals surface area contributed by atoms with Gasteiger partial charge in [-0.25, -0.2) is 9.59 Å². The Balaban J connectivity index is 1.44. The molecule has 0 fully saturated rings. The molecule has 0 aliphatic heterocycles. The molecule has 0 aromatic carbocycles. The van der Waals surface area contributed by atoms with Crippen molar-refractivity contribution >= 4 is 69.4 Å². The van der Waals surface area contributed by atoms with Crippen LogP contribution in [0.25, 0.3) is 41.4 Å². The highest BCUT2D eigenvalue weighted by Gasteiger charge is 2.11. The molecule has 0 radical (unpaired) electrons. The van der Waals surface area contributed by atoms with Crippen LogP contribution in [0.15, 0.2) is 60.7 Å². The quantitative estimate of drug-likeness (QED) is 0.163. The minimum Gasteiger partial charge on any atom is -0.463 e. The molecule has 34 heavy (non-hydrogen) atoms. The number of thiophene rings is 4. The molecule has 174 valence electrons. The summed E-state index contributed by atoms with van der Waals surface area (Å²) < 4.78 is 9.87. The monoisotopic (exact) mass is 526 g/mol. The van der Waals surface area contributed by atoms with Gasteiger partial charge in [0.15, 0.2) is 0 Å². The Kier molecular flexibility index (Phi) is 8.29. The van der Waals surface area contributed by atoms with Gasteiger partial charge in [0.2, 0.25) is 0 Å². The average molecular weight is 527 g/mol. The lowest BCUT2D eigenvalue weighted by atomic mass is 10.3. The third-order valence-corrected chi connectivity index (χ3v) is 9.39. The van der Waals surface area contributed by atoms with Gasteiger partial charge < -0.3 is 9.47 Å². The van der Waals surface area contributed by atoms with Crippen LogP contribution in [0.4, 0.5) is 0 Å². The summed E-state index contributed by atoms with van der Waals surface area (Å²) in [5.74, 6) is -0.644. The smallest absolute Gasteiger partial charge is 0.330 e. The molecule has 0 aliphatic rings. The summed E-state index contributed by atoms with van der Waals surface area (Å²) >= 11 is 6.82. The van der Waals surface area contributed by atoms with Gasteiger partial charge in [-0.2, -0.15) is 0 Å². The van der Waals surface area contributed by atoms with Gasteiger partial charge in [0, 0.05) is 51.2 Å². The third-order valence-electron chi connectivity index (χ3n) is 4.53. The molecular formula is C26H22O4S4. The predicted molar refractivity (Wildman–Crippen MR) is 146 cm³/mol. The van der Waals surface area contributed by atoms with Gasteiger partial charge in [0.25, 0.3) is 0 Å². The number of hydrogen-bond donors (Lipinski definition) is 0. The van der Waals surface area contributed by atoms with E-state index < -0.39 is 0 Å². The Morgan fingerprint density at radius 2 is 0.912 bits per heavy atom. The van der Waals surface area contributed by atoms with E-state index in [1.807, 2.05) is 12.1 Å². The molecular weight excluding hydrogens is 505 g/mol. The standard InChI is InChI=1S/C26H22O4S4/c1-3-29-25(27)15-7-17-5-9-19(31-17)21-11-13-23(33-21)24-14-12-22(34-24)20-10-6-18(32-20)8-16-26(28)30-4-2/h5-16H,3-4H2,1-2H3/b15-7+,16-8+. The summed E-state index contributed by atoms with van der Waals surface area (Å²) in [5.41, 5.74) is 0. The van der Waals surface area contributed by atoms with Gasteiger partial charge >= 0.3 is 11.9 Å². The summed E-state index contributed by atoms with van der Waals surface area (Å²) in [6.07, 6.45) is 6.52. The number of hydrogen-bond acceptors (Lipinski definition) is 8. The molecule has 0 amide bonds. The Bertz CT molecular complexity index is 1230. The van der Waals surface area contributed by atoms with Gasteiger partial charge in [0.1, 0.15) is 0 Å². The van der Waals surface area contributed by atoms with Crippen LogP contribution in [0, 0.1) is 0 Å². The van der Waals surface area contributed by atoms with Crippen molar-refractivity contribution in [2.45, 2.75) is 13.8 Å². The number of carbonyl (C=O) groups excluding carboxylic acids is 2. The first kappa shape index (κ1) is 24.3. The molecule has 0 N–H and O–H groups in total. The summed E-state index contributed by atoms with van der Waals surface area (Å²) in [5, 5.41) is 0. The molecule has 0 atom stereocenters. The van der Waals surface area contributed by atoms with Crippen molar-refractivity contribution in [1.82, 2.24) is 0 Å². The zero-order valence-corrected chi connectivity index (χ0v) is 21.9. The molecule has 4 nitrogen and oxygen atoms in total. The second kappa shape index (κ2) is 11.6. The highest BCUT2D eigenvalue weighted by Crippen LogP contribution is 2.43. The predicted octanol–water partition coefficient (Wildman–Crippen LogP) is 8.09. The molecule has 0 unspecified atom stereocenters. The second-order valence-corrected chi connectivity index (χ2v) is 11.3. The summed E-state index contributed by atoms with van der Waals surface area (Å²) in [7, 11) is 0. The number of carbonyl (C=O) groups is 2. The highest BCUT2D eigenvalue weighted by molar-refractivity contribution is 7.28. The van der Waals surface area contributed by atoms with Crippen LogP contribution in [0.5, 0.6) is 0 Å². The maximum absolute atomic E-state index is 11.5. The van der Waals surface area contributed by atoms with Crippen molar-refractivity contribution in [3.8, 4) is 29.3 Å². The fourth-order valence-electron chi connectivity index (χ4n) is 3.04. The first-order valence-corrected chi connectivity index (χ1v) is 13.9. The van der Waals surface area contributed by atoms with Gasteiger partial charge in [-0.15, -0.1) is 45.3 Å². The summed E-state index contributed by atoms with van der Waals surface area (Å²) in [6, 6.07) is 16.8. The molecule has 4 rings (SSSR count). The first-order chi connectivity index (χ1) is 16.6. The van der Waals surface area contributed by atoms with Gasteiger partial charge in [-0.05, 0) is 74.5 Å². The molecule has 0 bridgehead atoms. The van der Waals surface area contributed by atoms with E-state index >= 15 is 0 Å². The van der Waals surface area contributed by atoms with Crippen LogP contribution in [-0.4, -0.2) is 25.2 Å². The number of ether oxygens (including phenoxy) is 2. The fourth-order valence-corrected chi connectivity index (χ4v) is 7.14. The maximum atomic E-state index is 11.5.